The Balaban J connectivity index is 2.19. The number of fused-ring (bicyclic) bond motifs is 1. The highest BCUT2D eigenvalue weighted by Crippen LogP contribution is 2.28. The van der Waals surface area contributed by atoms with Crippen molar-refractivity contribution in [1.82, 2.24) is 4.98 Å². The average molecular weight is 272 g/mol. The fourth-order valence-corrected chi connectivity index (χ4v) is 2.33. The maximum absolute atomic E-state index is 6.11. The quantitative estimate of drug-likeness (QED) is 0.858. The molecule has 0 spiro atoms. The Morgan fingerprint density at radius 2 is 2.21 bits per heavy atom. The monoisotopic (exact) mass is 271 g/mol. The minimum atomic E-state index is 0.636. The minimum Gasteiger partial charge on any atom is -0.360 e. The second-order valence-corrected chi connectivity index (χ2v) is 4.88. The number of nitrogens with one attached hydrogen (secondary N) is 1. The molecule has 0 saturated heterocycles. The lowest BCUT2D eigenvalue weighted by atomic mass is 10.1. The molecule has 0 aliphatic carbocycles. The van der Waals surface area contributed by atoms with E-state index in [1.165, 1.54) is 0 Å². The van der Waals surface area contributed by atoms with E-state index in [0.29, 0.717) is 11.6 Å². The predicted molar refractivity (Wildman–Crippen MR) is 80.1 cm³/mol. The van der Waals surface area contributed by atoms with Crippen LogP contribution in [-0.2, 0) is 0 Å². The third-order valence-electron chi connectivity index (χ3n) is 3.17. The number of hydrogen-bond donors (Lipinski definition) is 1. The van der Waals surface area contributed by atoms with Gasteiger partial charge in [-0.15, -0.1) is 0 Å². The third kappa shape index (κ3) is 2.34. The predicted octanol–water partition coefficient (Wildman–Crippen LogP) is 4.00. The van der Waals surface area contributed by atoms with Crippen LogP contribution in [0, 0.1) is 0 Å². The molecule has 0 fully saturated rings. The van der Waals surface area contributed by atoms with Gasteiger partial charge in [-0.3, -0.25) is 9.98 Å². The minimum absolute atomic E-state index is 0.636. The van der Waals surface area contributed by atoms with Gasteiger partial charge in [-0.2, -0.15) is 0 Å². The van der Waals surface area contributed by atoms with E-state index in [4.69, 9.17) is 16.6 Å². The van der Waals surface area contributed by atoms with Crippen LogP contribution in [0.15, 0.2) is 46.5 Å². The van der Waals surface area contributed by atoms with Gasteiger partial charge < -0.3 is 4.98 Å². The molecule has 0 atom stereocenters. The molecule has 1 aliphatic rings. The number of hydrogen-bond acceptors (Lipinski definition) is 2. The molecule has 1 N–H and O–H groups in total. The van der Waals surface area contributed by atoms with Crippen molar-refractivity contribution in [2.45, 2.75) is 13.3 Å². The molecule has 0 radical (unpaired) electrons. The summed E-state index contributed by atoms with van der Waals surface area (Å²) in [5.41, 5.74) is 4.93. The highest BCUT2D eigenvalue weighted by molar-refractivity contribution is 6.31. The second kappa shape index (κ2) is 5.02. The smallest absolute Gasteiger partial charge is 0.0908 e. The largest absolute Gasteiger partial charge is 0.360 e. The first-order valence-corrected chi connectivity index (χ1v) is 6.70. The SMILES string of the molecule is CCC1=Nc2ccc(Cl)cc2C(c2ccc[nH]2)=NC1. The molecular formula is C15H14ClN3. The van der Waals surface area contributed by atoms with E-state index < -0.39 is 0 Å². The maximum Gasteiger partial charge on any atom is 0.0908 e. The lowest BCUT2D eigenvalue weighted by Crippen LogP contribution is -2.06. The Labute approximate surface area is 117 Å². The molecule has 3 rings (SSSR count). The number of aromatic nitrogens is 1. The van der Waals surface area contributed by atoms with Crippen molar-refractivity contribution in [2.24, 2.45) is 9.98 Å². The number of aromatic amines is 1. The number of halogens is 1. The average Bonchev–Trinajstić information content (AvgIpc) is 2.87. The van der Waals surface area contributed by atoms with Crippen LogP contribution in [0.4, 0.5) is 5.69 Å². The van der Waals surface area contributed by atoms with Gasteiger partial charge in [-0.05, 0) is 36.8 Å². The summed E-state index contributed by atoms with van der Waals surface area (Å²) in [6.45, 7) is 2.74. The van der Waals surface area contributed by atoms with Crippen LogP contribution in [-0.4, -0.2) is 23.0 Å². The standard InChI is InChI=1S/C15H14ClN3/c1-2-11-9-18-15(14-4-3-7-17-14)12-8-10(16)5-6-13(12)19-11/h3-8,17H,2,9H2,1H3. The summed E-state index contributed by atoms with van der Waals surface area (Å²) in [6, 6.07) is 9.74. The fourth-order valence-electron chi connectivity index (χ4n) is 2.16. The van der Waals surface area contributed by atoms with Crippen molar-refractivity contribution < 1.29 is 0 Å². The number of rotatable bonds is 2. The van der Waals surface area contributed by atoms with Crippen molar-refractivity contribution in [3.05, 3.63) is 52.8 Å². The van der Waals surface area contributed by atoms with Crippen molar-refractivity contribution in [2.75, 3.05) is 6.54 Å². The molecule has 19 heavy (non-hydrogen) atoms. The zero-order chi connectivity index (χ0) is 13.2. The van der Waals surface area contributed by atoms with E-state index in [0.717, 1.165) is 34.8 Å². The summed E-state index contributed by atoms with van der Waals surface area (Å²) < 4.78 is 0. The van der Waals surface area contributed by atoms with Gasteiger partial charge in [0.1, 0.15) is 0 Å². The van der Waals surface area contributed by atoms with E-state index in [1.54, 1.807) is 0 Å². The Bertz CT molecular complexity index is 654. The van der Waals surface area contributed by atoms with Crippen LogP contribution in [0.25, 0.3) is 0 Å². The van der Waals surface area contributed by atoms with Gasteiger partial charge in [0.2, 0.25) is 0 Å². The van der Waals surface area contributed by atoms with Crippen LogP contribution in [0.5, 0.6) is 0 Å². The lowest BCUT2D eigenvalue weighted by Gasteiger charge is -2.07. The van der Waals surface area contributed by atoms with E-state index in [-0.39, 0.29) is 0 Å². The molecule has 96 valence electrons. The van der Waals surface area contributed by atoms with Crippen molar-refractivity contribution in [3.8, 4) is 0 Å². The Kier molecular flexibility index (Phi) is 3.22. The molecule has 1 aromatic carbocycles. The molecule has 0 bridgehead atoms. The van der Waals surface area contributed by atoms with Crippen LogP contribution in [0.3, 0.4) is 0 Å². The molecular weight excluding hydrogens is 258 g/mol. The molecule has 4 heteroatoms. The fraction of sp³-hybridized carbons (Fsp3) is 0.200. The van der Waals surface area contributed by atoms with E-state index in [9.17, 15) is 0 Å². The number of aliphatic imine (C=N–C) groups is 2. The first-order valence-electron chi connectivity index (χ1n) is 6.32. The van der Waals surface area contributed by atoms with E-state index >= 15 is 0 Å². The van der Waals surface area contributed by atoms with Gasteiger partial charge in [0.25, 0.3) is 0 Å². The van der Waals surface area contributed by atoms with Crippen molar-refractivity contribution in [3.63, 3.8) is 0 Å². The number of H-pyrrole nitrogens is 1. The maximum atomic E-state index is 6.11. The second-order valence-electron chi connectivity index (χ2n) is 4.44. The van der Waals surface area contributed by atoms with Crippen LogP contribution < -0.4 is 0 Å². The topological polar surface area (TPSA) is 40.5 Å². The molecule has 2 aromatic rings. The Morgan fingerprint density at radius 1 is 1.32 bits per heavy atom. The molecule has 0 amide bonds. The van der Waals surface area contributed by atoms with E-state index in [1.807, 2.05) is 36.5 Å². The Hall–Kier alpha value is -1.87. The highest BCUT2D eigenvalue weighted by Gasteiger charge is 2.16. The van der Waals surface area contributed by atoms with Crippen LogP contribution >= 0.6 is 11.6 Å². The highest BCUT2D eigenvalue weighted by atomic mass is 35.5. The summed E-state index contributed by atoms with van der Waals surface area (Å²) in [5.74, 6) is 0. The first kappa shape index (κ1) is 12.2. The summed E-state index contributed by atoms with van der Waals surface area (Å²) in [4.78, 5) is 12.6. The third-order valence-corrected chi connectivity index (χ3v) is 3.41. The molecule has 1 aromatic heterocycles. The van der Waals surface area contributed by atoms with Gasteiger partial charge in [0, 0.05) is 22.5 Å². The molecule has 2 heterocycles. The molecule has 0 saturated carbocycles. The lowest BCUT2D eigenvalue weighted by molar-refractivity contribution is 1.17. The first-order chi connectivity index (χ1) is 9.28. The van der Waals surface area contributed by atoms with Gasteiger partial charge in [0.05, 0.1) is 23.6 Å². The molecule has 3 nitrogen and oxygen atoms in total. The van der Waals surface area contributed by atoms with Crippen molar-refractivity contribution >= 4 is 28.7 Å². The van der Waals surface area contributed by atoms with Crippen LogP contribution in [0.2, 0.25) is 5.02 Å². The van der Waals surface area contributed by atoms with Gasteiger partial charge >= 0.3 is 0 Å². The zero-order valence-electron chi connectivity index (χ0n) is 10.7. The van der Waals surface area contributed by atoms with Crippen molar-refractivity contribution in [1.29, 1.82) is 0 Å². The molecule has 0 unspecified atom stereocenters. The summed E-state index contributed by atoms with van der Waals surface area (Å²) in [7, 11) is 0. The summed E-state index contributed by atoms with van der Waals surface area (Å²) in [5, 5.41) is 0.702. The van der Waals surface area contributed by atoms with Gasteiger partial charge in [-0.1, -0.05) is 18.5 Å². The van der Waals surface area contributed by atoms with Crippen LogP contribution in [0.1, 0.15) is 24.6 Å². The molecule has 1 aliphatic heterocycles. The van der Waals surface area contributed by atoms with Gasteiger partial charge in [0.15, 0.2) is 0 Å². The van der Waals surface area contributed by atoms with Gasteiger partial charge in [-0.25, -0.2) is 0 Å². The zero-order valence-corrected chi connectivity index (χ0v) is 11.4. The normalized spacial score (nSPS) is 14.4. The summed E-state index contributed by atoms with van der Waals surface area (Å²) >= 11 is 6.11. The number of benzene rings is 1. The number of nitrogens with zero attached hydrogens (tertiary/aromatic N) is 2. The van der Waals surface area contributed by atoms with E-state index in [2.05, 4.69) is 16.9 Å². The summed E-state index contributed by atoms with van der Waals surface area (Å²) in [6.07, 6.45) is 2.80. The Morgan fingerprint density at radius 3 is 2.95 bits per heavy atom.